The smallest absolute Gasteiger partial charge is 0.0689 e. The molecule has 0 amide bonds. The van der Waals surface area contributed by atoms with E-state index in [1.54, 1.807) is 0 Å². The Morgan fingerprint density at radius 1 is 1.40 bits per heavy atom. The van der Waals surface area contributed by atoms with Gasteiger partial charge in [0.15, 0.2) is 0 Å². The van der Waals surface area contributed by atoms with Crippen LogP contribution in [0.15, 0.2) is 0 Å². The van der Waals surface area contributed by atoms with Crippen LogP contribution in [-0.2, 0) is 4.74 Å². The molecule has 0 aromatic rings. The van der Waals surface area contributed by atoms with E-state index >= 15 is 0 Å². The van der Waals surface area contributed by atoms with Crippen LogP contribution in [0.3, 0.4) is 0 Å². The maximum absolute atomic E-state index is 9.76. The van der Waals surface area contributed by atoms with Crippen molar-refractivity contribution in [3.8, 4) is 0 Å². The standard InChI is InChI=1S/C12H25NO2/c1-3-10(2)12(14)9-13-8-11-4-6-15-7-5-11/h10-14H,3-9H2,1-2H3. The van der Waals surface area contributed by atoms with Gasteiger partial charge in [0.05, 0.1) is 6.10 Å². The molecule has 0 radical (unpaired) electrons. The molecule has 0 aromatic heterocycles. The maximum Gasteiger partial charge on any atom is 0.0689 e. The number of ether oxygens (including phenoxy) is 1. The predicted molar refractivity (Wildman–Crippen MR) is 61.9 cm³/mol. The molecule has 0 spiro atoms. The second-order valence-electron chi connectivity index (χ2n) is 4.67. The number of hydrogen-bond acceptors (Lipinski definition) is 3. The normalized spacial score (nSPS) is 22.6. The van der Waals surface area contributed by atoms with Gasteiger partial charge in [-0.05, 0) is 31.2 Å². The summed E-state index contributed by atoms with van der Waals surface area (Å²) in [5.41, 5.74) is 0. The van der Waals surface area contributed by atoms with Gasteiger partial charge in [-0.2, -0.15) is 0 Å². The molecule has 1 aliphatic rings. The Bertz CT molecular complexity index is 156. The highest BCUT2D eigenvalue weighted by atomic mass is 16.5. The monoisotopic (exact) mass is 215 g/mol. The van der Waals surface area contributed by atoms with E-state index in [0.717, 1.165) is 51.5 Å². The molecule has 2 unspecified atom stereocenters. The third-order valence-electron chi connectivity index (χ3n) is 3.43. The first-order valence-electron chi connectivity index (χ1n) is 6.20. The Kier molecular flexibility index (Phi) is 6.22. The van der Waals surface area contributed by atoms with Crippen molar-refractivity contribution in [2.45, 2.75) is 39.2 Å². The fourth-order valence-corrected chi connectivity index (χ4v) is 1.86. The number of rotatable bonds is 6. The summed E-state index contributed by atoms with van der Waals surface area (Å²) >= 11 is 0. The summed E-state index contributed by atoms with van der Waals surface area (Å²) < 4.78 is 5.31. The minimum Gasteiger partial charge on any atom is -0.392 e. The van der Waals surface area contributed by atoms with Crippen LogP contribution in [0.4, 0.5) is 0 Å². The summed E-state index contributed by atoms with van der Waals surface area (Å²) in [6.45, 7) is 7.77. The third kappa shape index (κ3) is 4.96. The van der Waals surface area contributed by atoms with Crippen LogP contribution in [0.25, 0.3) is 0 Å². The van der Waals surface area contributed by atoms with Gasteiger partial charge in [0.1, 0.15) is 0 Å². The zero-order chi connectivity index (χ0) is 11.1. The van der Waals surface area contributed by atoms with Crippen LogP contribution in [0.2, 0.25) is 0 Å². The van der Waals surface area contributed by atoms with Gasteiger partial charge in [-0.25, -0.2) is 0 Å². The van der Waals surface area contributed by atoms with Crippen LogP contribution in [-0.4, -0.2) is 37.5 Å². The van der Waals surface area contributed by atoms with Crippen molar-refractivity contribution in [1.82, 2.24) is 5.32 Å². The first-order valence-corrected chi connectivity index (χ1v) is 6.20. The number of aliphatic hydroxyl groups is 1. The van der Waals surface area contributed by atoms with Crippen molar-refractivity contribution >= 4 is 0 Å². The largest absolute Gasteiger partial charge is 0.392 e. The number of hydrogen-bond donors (Lipinski definition) is 2. The van der Waals surface area contributed by atoms with E-state index in [1.165, 1.54) is 0 Å². The average Bonchev–Trinajstić information content (AvgIpc) is 2.29. The first-order chi connectivity index (χ1) is 7.24. The van der Waals surface area contributed by atoms with E-state index < -0.39 is 0 Å². The molecule has 0 saturated carbocycles. The Balaban J connectivity index is 2.04. The summed E-state index contributed by atoms with van der Waals surface area (Å²) in [6.07, 6.45) is 3.16. The molecule has 2 N–H and O–H groups in total. The molecule has 1 rings (SSSR count). The molecule has 0 bridgehead atoms. The highest BCUT2D eigenvalue weighted by molar-refractivity contribution is 4.70. The van der Waals surface area contributed by atoms with Crippen molar-refractivity contribution in [2.75, 3.05) is 26.3 Å². The second-order valence-corrected chi connectivity index (χ2v) is 4.67. The van der Waals surface area contributed by atoms with Crippen molar-refractivity contribution < 1.29 is 9.84 Å². The predicted octanol–water partition coefficient (Wildman–Crippen LogP) is 1.41. The zero-order valence-electron chi connectivity index (χ0n) is 10.0. The Hall–Kier alpha value is -0.120. The highest BCUT2D eigenvalue weighted by Gasteiger charge is 2.15. The minimum absolute atomic E-state index is 0.199. The molecule has 1 saturated heterocycles. The third-order valence-corrected chi connectivity index (χ3v) is 3.43. The lowest BCUT2D eigenvalue weighted by Gasteiger charge is -2.24. The molecule has 0 aliphatic carbocycles. The average molecular weight is 215 g/mol. The molecule has 1 heterocycles. The molecule has 2 atom stereocenters. The zero-order valence-corrected chi connectivity index (χ0v) is 10.0. The van der Waals surface area contributed by atoms with Crippen molar-refractivity contribution in [3.63, 3.8) is 0 Å². The lowest BCUT2D eigenvalue weighted by molar-refractivity contribution is 0.0630. The van der Waals surface area contributed by atoms with Gasteiger partial charge in [0.25, 0.3) is 0 Å². The van der Waals surface area contributed by atoms with E-state index in [-0.39, 0.29) is 6.10 Å². The highest BCUT2D eigenvalue weighted by Crippen LogP contribution is 2.13. The summed E-state index contributed by atoms with van der Waals surface area (Å²) in [5.74, 6) is 1.13. The summed E-state index contributed by atoms with van der Waals surface area (Å²) in [4.78, 5) is 0. The van der Waals surface area contributed by atoms with Gasteiger partial charge >= 0.3 is 0 Å². The van der Waals surface area contributed by atoms with Crippen molar-refractivity contribution in [2.24, 2.45) is 11.8 Å². The lowest BCUT2D eigenvalue weighted by atomic mass is 9.99. The molecule has 1 aliphatic heterocycles. The van der Waals surface area contributed by atoms with Gasteiger partial charge in [-0.15, -0.1) is 0 Å². The fraction of sp³-hybridized carbons (Fsp3) is 1.00. The SMILES string of the molecule is CCC(C)C(O)CNCC1CCOCC1. The summed E-state index contributed by atoms with van der Waals surface area (Å²) in [6, 6.07) is 0. The molecule has 0 aromatic carbocycles. The lowest BCUT2D eigenvalue weighted by Crippen LogP contribution is -2.35. The number of aliphatic hydroxyl groups excluding tert-OH is 1. The molecular formula is C12H25NO2. The van der Waals surface area contributed by atoms with Crippen molar-refractivity contribution in [1.29, 1.82) is 0 Å². The van der Waals surface area contributed by atoms with Crippen molar-refractivity contribution in [3.05, 3.63) is 0 Å². The maximum atomic E-state index is 9.76. The number of nitrogens with one attached hydrogen (secondary N) is 1. The molecule has 90 valence electrons. The topological polar surface area (TPSA) is 41.5 Å². The Labute approximate surface area is 93.2 Å². The quantitative estimate of drug-likeness (QED) is 0.704. The molecular weight excluding hydrogens is 190 g/mol. The fourth-order valence-electron chi connectivity index (χ4n) is 1.86. The van der Waals surface area contributed by atoms with E-state index in [0.29, 0.717) is 5.92 Å². The molecule has 3 nitrogen and oxygen atoms in total. The summed E-state index contributed by atoms with van der Waals surface area (Å²) in [5, 5.41) is 13.1. The molecule has 15 heavy (non-hydrogen) atoms. The summed E-state index contributed by atoms with van der Waals surface area (Å²) in [7, 11) is 0. The van der Waals surface area contributed by atoms with Crippen LogP contribution in [0, 0.1) is 11.8 Å². The first kappa shape index (κ1) is 12.9. The van der Waals surface area contributed by atoms with Gasteiger partial charge in [-0.1, -0.05) is 20.3 Å². The van der Waals surface area contributed by atoms with Gasteiger partial charge in [0, 0.05) is 19.8 Å². The van der Waals surface area contributed by atoms with E-state index in [4.69, 9.17) is 4.74 Å². The van der Waals surface area contributed by atoms with Crippen LogP contribution in [0.1, 0.15) is 33.1 Å². The van der Waals surface area contributed by atoms with Gasteiger partial charge in [-0.3, -0.25) is 0 Å². The minimum atomic E-state index is -0.199. The van der Waals surface area contributed by atoms with E-state index in [9.17, 15) is 5.11 Å². The van der Waals surface area contributed by atoms with E-state index in [1.807, 2.05) is 0 Å². The second kappa shape index (κ2) is 7.20. The Morgan fingerprint density at radius 3 is 2.67 bits per heavy atom. The Morgan fingerprint density at radius 2 is 2.07 bits per heavy atom. The van der Waals surface area contributed by atoms with Crippen LogP contribution in [0.5, 0.6) is 0 Å². The van der Waals surface area contributed by atoms with Gasteiger partial charge in [0.2, 0.25) is 0 Å². The molecule has 1 fully saturated rings. The van der Waals surface area contributed by atoms with Crippen LogP contribution >= 0.6 is 0 Å². The van der Waals surface area contributed by atoms with Crippen LogP contribution < -0.4 is 5.32 Å². The van der Waals surface area contributed by atoms with Gasteiger partial charge < -0.3 is 15.2 Å². The molecule has 3 heteroatoms. The van der Waals surface area contributed by atoms with E-state index in [2.05, 4.69) is 19.2 Å².